The second-order valence-electron chi connectivity index (χ2n) is 7.07. The van der Waals surface area contributed by atoms with Gasteiger partial charge in [0.05, 0.1) is 24.8 Å². The van der Waals surface area contributed by atoms with Crippen molar-refractivity contribution >= 4 is 17.8 Å². The maximum absolute atomic E-state index is 13.4. The lowest BCUT2D eigenvalue weighted by Crippen LogP contribution is -2.49. The fraction of sp³-hybridized carbons (Fsp3) is 0.364. The highest BCUT2D eigenvalue weighted by atomic mass is 19.4. The Bertz CT molecular complexity index is 940. The number of nitrogens with zero attached hydrogens (tertiary/aromatic N) is 3. The summed E-state index contributed by atoms with van der Waals surface area (Å²) in [6.07, 6.45) is -3.33. The van der Waals surface area contributed by atoms with Crippen LogP contribution in [-0.2, 0) is 15.8 Å². The number of carbonyl (C=O) groups is 1. The fourth-order valence-electron chi connectivity index (χ4n) is 3.46. The van der Waals surface area contributed by atoms with E-state index in [1.807, 2.05) is 0 Å². The van der Waals surface area contributed by atoms with E-state index >= 15 is 0 Å². The van der Waals surface area contributed by atoms with Crippen molar-refractivity contribution in [3.63, 3.8) is 0 Å². The Labute approximate surface area is 183 Å². The Morgan fingerprint density at radius 3 is 2.41 bits per heavy atom. The first-order chi connectivity index (χ1) is 15.3. The van der Waals surface area contributed by atoms with E-state index in [1.54, 1.807) is 15.9 Å². The normalized spacial score (nSPS) is 14.7. The largest absolute Gasteiger partial charge is 0.493 e. The minimum Gasteiger partial charge on any atom is -0.493 e. The Morgan fingerprint density at radius 2 is 1.78 bits per heavy atom. The van der Waals surface area contributed by atoms with Crippen LogP contribution in [-0.4, -0.2) is 56.9 Å². The molecule has 2 aromatic rings. The molecule has 32 heavy (non-hydrogen) atoms. The smallest absolute Gasteiger partial charge is 0.417 e. The van der Waals surface area contributed by atoms with Gasteiger partial charge >= 0.3 is 6.18 Å². The van der Waals surface area contributed by atoms with Crippen LogP contribution in [0.5, 0.6) is 5.75 Å². The van der Waals surface area contributed by atoms with E-state index in [9.17, 15) is 22.4 Å². The molecular formula is C22H23F4N3O3. The van der Waals surface area contributed by atoms with Crippen LogP contribution in [0.3, 0.4) is 0 Å². The summed E-state index contributed by atoms with van der Waals surface area (Å²) in [4.78, 5) is 20.5. The highest BCUT2D eigenvalue weighted by molar-refractivity contribution is 5.90. The average molecular weight is 453 g/mol. The molecule has 1 amide bonds. The molecule has 0 aromatic heterocycles. The summed E-state index contributed by atoms with van der Waals surface area (Å²) in [5.74, 6) is -0.0143. The standard InChI is InChI=1S/C22H23F4N3O3/c1-31-27-15-18-19(22(24,25)26)3-2-4-20(18)28-10-12-29(13-11-28)21(30)9-14-32-17-7-5-16(23)6-8-17/h2-8,15H,9-14H2,1H3. The zero-order valence-electron chi connectivity index (χ0n) is 17.4. The summed E-state index contributed by atoms with van der Waals surface area (Å²) < 4.78 is 58.7. The third-order valence-corrected chi connectivity index (χ3v) is 5.05. The Hall–Kier alpha value is -3.30. The molecule has 172 valence electrons. The van der Waals surface area contributed by atoms with Gasteiger partial charge in [0.1, 0.15) is 18.7 Å². The summed E-state index contributed by atoms with van der Waals surface area (Å²) in [5, 5.41) is 3.53. The molecule has 0 radical (unpaired) electrons. The van der Waals surface area contributed by atoms with Crippen molar-refractivity contribution in [3.05, 3.63) is 59.4 Å². The number of hydrogen-bond acceptors (Lipinski definition) is 5. The Morgan fingerprint density at radius 1 is 1.09 bits per heavy atom. The van der Waals surface area contributed by atoms with Crippen molar-refractivity contribution in [1.29, 1.82) is 0 Å². The van der Waals surface area contributed by atoms with Crippen LogP contribution in [0.25, 0.3) is 0 Å². The molecule has 1 aliphatic heterocycles. The van der Waals surface area contributed by atoms with Crippen LogP contribution in [0.1, 0.15) is 17.5 Å². The first kappa shape index (κ1) is 23.4. The number of alkyl halides is 3. The first-order valence-electron chi connectivity index (χ1n) is 9.97. The van der Waals surface area contributed by atoms with Crippen molar-refractivity contribution in [1.82, 2.24) is 4.90 Å². The number of rotatable bonds is 7. The molecule has 2 aromatic carbocycles. The Kier molecular flexibility index (Phi) is 7.55. The van der Waals surface area contributed by atoms with Crippen molar-refractivity contribution < 1.29 is 31.9 Å². The maximum Gasteiger partial charge on any atom is 0.417 e. The predicted molar refractivity (Wildman–Crippen MR) is 111 cm³/mol. The van der Waals surface area contributed by atoms with Crippen molar-refractivity contribution in [2.24, 2.45) is 5.16 Å². The van der Waals surface area contributed by atoms with Crippen LogP contribution in [0.4, 0.5) is 23.2 Å². The topological polar surface area (TPSA) is 54.4 Å². The summed E-state index contributed by atoms with van der Waals surface area (Å²) in [6.45, 7) is 1.63. The molecule has 1 fully saturated rings. The van der Waals surface area contributed by atoms with Gasteiger partial charge in [0.25, 0.3) is 0 Å². The van der Waals surface area contributed by atoms with Gasteiger partial charge < -0.3 is 19.4 Å². The van der Waals surface area contributed by atoms with Crippen LogP contribution in [0, 0.1) is 5.82 Å². The lowest BCUT2D eigenvalue weighted by molar-refractivity contribution is -0.137. The lowest BCUT2D eigenvalue weighted by Gasteiger charge is -2.37. The van der Waals surface area contributed by atoms with E-state index in [-0.39, 0.29) is 30.3 Å². The summed E-state index contributed by atoms with van der Waals surface area (Å²) in [7, 11) is 1.26. The van der Waals surface area contributed by atoms with Gasteiger partial charge in [0.2, 0.25) is 5.91 Å². The zero-order valence-corrected chi connectivity index (χ0v) is 17.4. The predicted octanol–water partition coefficient (Wildman–Crippen LogP) is 3.94. The molecule has 6 nitrogen and oxygen atoms in total. The van der Waals surface area contributed by atoms with Crippen molar-refractivity contribution in [3.8, 4) is 5.75 Å². The average Bonchev–Trinajstić information content (AvgIpc) is 2.78. The van der Waals surface area contributed by atoms with Crippen LogP contribution in [0.15, 0.2) is 47.6 Å². The third-order valence-electron chi connectivity index (χ3n) is 5.05. The molecule has 1 heterocycles. The molecule has 10 heteroatoms. The van der Waals surface area contributed by atoms with E-state index in [2.05, 4.69) is 9.99 Å². The highest BCUT2D eigenvalue weighted by Crippen LogP contribution is 2.35. The van der Waals surface area contributed by atoms with Gasteiger partial charge in [0, 0.05) is 37.4 Å². The molecule has 1 aliphatic rings. The number of anilines is 1. The minimum absolute atomic E-state index is 0.0747. The summed E-state index contributed by atoms with van der Waals surface area (Å²) in [6, 6.07) is 9.47. The van der Waals surface area contributed by atoms with Gasteiger partial charge in [-0.05, 0) is 36.4 Å². The molecular weight excluding hydrogens is 430 g/mol. The van der Waals surface area contributed by atoms with Gasteiger partial charge in [-0.1, -0.05) is 11.2 Å². The Balaban J connectivity index is 1.59. The van der Waals surface area contributed by atoms with Gasteiger partial charge in [-0.2, -0.15) is 13.2 Å². The van der Waals surface area contributed by atoms with Crippen LogP contribution < -0.4 is 9.64 Å². The van der Waals surface area contributed by atoms with Gasteiger partial charge in [-0.25, -0.2) is 4.39 Å². The first-order valence-corrected chi connectivity index (χ1v) is 9.97. The van der Waals surface area contributed by atoms with E-state index in [0.29, 0.717) is 37.6 Å². The molecule has 0 spiro atoms. The van der Waals surface area contributed by atoms with E-state index < -0.39 is 11.7 Å². The zero-order chi connectivity index (χ0) is 23.1. The van der Waals surface area contributed by atoms with E-state index in [1.165, 1.54) is 37.4 Å². The highest BCUT2D eigenvalue weighted by Gasteiger charge is 2.35. The van der Waals surface area contributed by atoms with Gasteiger partial charge in [0.15, 0.2) is 0 Å². The number of amides is 1. The van der Waals surface area contributed by atoms with Crippen molar-refractivity contribution in [2.45, 2.75) is 12.6 Å². The molecule has 1 saturated heterocycles. The van der Waals surface area contributed by atoms with Crippen LogP contribution >= 0.6 is 0 Å². The number of carbonyl (C=O) groups excluding carboxylic acids is 1. The SMILES string of the molecule is CON=Cc1c(N2CCN(C(=O)CCOc3ccc(F)cc3)CC2)cccc1C(F)(F)F. The quantitative estimate of drug-likeness (QED) is 0.362. The number of halogens is 4. The monoisotopic (exact) mass is 453 g/mol. The summed E-state index contributed by atoms with van der Waals surface area (Å²) >= 11 is 0. The molecule has 0 atom stereocenters. The molecule has 0 N–H and O–H groups in total. The second kappa shape index (κ2) is 10.3. The number of ether oxygens (including phenoxy) is 1. The molecule has 0 saturated carbocycles. The maximum atomic E-state index is 13.4. The van der Waals surface area contributed by atoms with Gasteiger partial charge in [-0.3, -0.25) is 4.79 Å². The van der Waals surface area contributed by atoms with Crippen LogP contribution in [0.2, 0.25) is 0 Å². The molecule has 0 aliphatic carbocycles. The van der Waals surface area contributed by atoms with E-state index in [4.69, 9.17) is 4.74 Å². The number of benzene rings is 2. The molecule has 0 unspecified atom stereocenters. The minimum atomic E-state index is -4.53. The number of hydrogen-bond donors (Lipinski definition) is 0. The lowest BCUT2D eigenvalue weighted by atomic mass is 10.0. The fourth-order valence-corrected chi connectivity index (χ4v) is 3.46. The third kappa shape index (κ3) is 5.89. The second-order valence-corrected chi connectivity index (χ2v) is 7.07. The van der Waals surface area contributed by atoms with Crippen molar-refractivity contribution in [2.75, 3.05) is 44.8 Å². The van der Waals surface area contributed by atoms with E-state index in [0.717, 1.165) is 12.3 Å². The number of piperazine rings is 1. The number of oxime groups is 1. The molecule has 3 rings (SSSR count). The molecule has 0 bridgehead atoms. The van der Waals surface area contributed by atoms with Gasteiger partial charge in [-0.15, -0.1) is 0 Å². The summed E-state index contributed by atoms with van der Waals surface area (Å²) in [5.41, 5.74) is -0.492.